The maximum atomic E-state index is 13.4. The van der Waals surface area contributed by atoms with Gasteiger partial charge in [0.2, 0.25) is 5.91 Å². The highest BCUT2D eigenvalue weighted by Crippen LogP contribution is 2.38. The standard InChI is InChI=1S/C30H37N3O5/c1-20(34)33-23-6-7-24(33)15-27(14-23)38-26-8-9-28-29(16-26)37-13-12-32(30(28)36)19-25(35)18-31-11-10-21-4-2-3-5-22(21)17-31/h2-5,8-9,16,23-25,27,35H,6-7,10-15,17-19H2,1H3. The molecule has 4 aliphatic rings. The average Bonchev–Trinajstić information content (AvgIpc) is 3.09. The maximum Gasteiger partial charge on any atom is 0.257 e. The minimum atomic E-state index is -0.635. The van der Waals surface area contributed by atoms with Gasteiger partial charge in [-0.25, -0.2) is 0 Å². The minimum absolute atomic E-state index is 0.0519. The van der Waals surface area contributed by atoms with Crippen LogP contribution in [0.25, 0.3) is 0 Å². The van der Waals surface area contributed by atoms with Crippen LogP contribution in [0.2, 0.25) is 0 Å². The summed E-state index contributed by atoms with van der Waals surface area (Å²) in [6.45, 7) is 4.99. The van der Waals surface area contributed by atoms with Crippen molar-refractivity contribution in [1.82, 2.24) is 14.7 Å². The third kappa shape index (κ3) is 5.12. The highest BCUT2D eigenvalue weighted by molar-refractivity contribution is 5.97. The summed E-state index contributed by atoms with van der Waals surface area (Å²) in [5.41, 5.74) is 3.20. The van der Waals surface area contributed by atoms with E-state index in [1.165, 1.54) is 11.1 Å². The molecule has 4 aliphatic heterocycles. The average molecular weight is 520 g/mol. The summed E-state index contributed by atoms with van der Waals surface area (Å²) in [6, 6.07) is 14.4. The summed E-state index contributed by atoms with van der Waals surface area (Å²) in [6.07, 6.45) is 4.15. The van der Waals surface area contributed by atoms with Crippen LogP contribution in [0.3, 0.4) is 0 Å². The smallest absolute Gasteiger partial charge is 0.257 e. The molecule has 38 heavy (non-hydrogen) atoms. The monoisotopic (exact) mass is 519 g/mol. The molecule has 202 valence electrons. The van der Waals surface area contributed by atoms with E-state index in [9.17, 15) is 14.7 Å². The number of aliphatic hydroxyl groups excluding tert-OH is 1. The zero-order valence-corrected chi connectivity index (χ0v) is 22.1. The fourth-order valence-electron chi connectivity index (χ4n) is 6.83. The fourth-order valence-corrected chi connectivity index (χ4v) is 6.83. The molecule has 0 aromatic heterocycles. The van der Waals surface area contributed by atoms with Gasteiger partial charge in [0.1, 0.15) is 24.2 Å². The Balaban J connectivity index is 1.06. The van der Waals surface area contributed by atoms with Crippen LogP contribution in [-0.2, 0) is 17.8 Å². The second kappa shape index (κ2) is 10.6. The Morgan fingerprint density at radius 1 is 1.08 bits per heavy atom. The molecule has 2 fully saturated rings. The SMILES string of the molecule is CC(=O)N1C2CCC1CC(Oc1ccc3c(c1)OCCN(CC(O)CN1CCc4ccccc4C1)C3=O)C2. The predicted octanol–water partition coefficient (Wildman–Crippen LogP) is 2.86. The van der Waals surface area contributed by atoms with Crippen LogP contribution in [0.4, 0.5) is 0 Å². The fraction of sp³-hybridized carbons (Fsp3) is 0.533. The van der Waals surface area contributed by atoms with Gasteiger partial charge in [-0.15, -0.1) is 0 Å². The van der Waals surface area contributed by atoms with Gasteiger partial charge >= 0.3 is 0 Å². The van der Waals surface area contributed by atoms with E-state index >= 15 is 0 Å². The number of nitrogens with zero attached hydrogens (tertiary/aromatic N) is 3. The van der Waals surface area contributed by atoms with Gasteiger partial charge in [0.15, 0.2) is 0 Å². The van der Waals surface area contributed by atoms with Crippen LogP contribution in [0.15, 0.2) is 42.5 Å². The first kappa shape index (κ1) is 25.2. The zero-order valence-electron chi connectivity index (χ0n) is 22.1. The van der Waals surface area contributed by atoms with Crippen molar-refractivity contribution in [3.05, 3.63) is 59.2 Å². The lowest BCUT2D eigenvalue weighted by molar-refractivity contribution is -0.134. The lowest BCUT2D eigenvalue weighted by atomic mass is 9.99. The van der Waals surface area contributed by atoms with Crippen molar-refractivity contribution in [1.29, 1.82) is 0 Å². The molecular weight excluding hydrogens is 482 g/mol. The zero-order chi connectivity index (χ0) is 26.2. The second-order valence-electron chi connectivity index (χ2n) is 11.2. The lowest BCUT2D eigenvalue weighted by Gasteiger charge is -2.38. The van der Waals surface area contributed by atoms with E-state index < -0.39 is 6.10 Å². The molecule has 8 heteroatoms. The molecule has 0 radical (unpaired) electrons. The molecule has 0 aliphatic carbocycles. The summed E-state index contributed by atoms with van der Waals surface area (Å²) in [4.78, 5) is 31.4. The number of hydrogen-bond acceptors (Lipinski definition) is 6. The van der Waals surface area contributed by atoms with Crippen molar-refractivity contribution in [2.24, 2.45) is 0 Å². The molecule has 2 aromatic rings. The van der Waals surface area contributed by atoms with Crippen LogP contribution in [0, 0.1) is 0 Å². The lowest BCUT2D eigenvalue weighted by Crippen LogP contribution is -2.48. The largest absolute Gasteiger partial charge is 0.491 e. The molecule has 3 unspecified atom stereocenters. The first-order valence-corrected chi connectivity index (χ1v) is 13.9. The molecule has 3 atom stereocenters. The number of ether oxygens (including phenoxy) is 2. The number of hydrogen-bond donors (Lipinski definition) is 1. The molecule has 1 N–H and O–H groups in total. The maximum absolute atomic E-state index is 13.4. The van der Waals surface area contributed by atoms with Gasteiger partial charge in [0.25, 0.3) is 5.91 Å². The topological polar surface area (TPSA) is 82.6 Å². The number of aliphatic hydroxyl groups is 1. The van der Waals surface area contributed by atoms with Crippen molar-refractivity contribution in [3.8, 4) is 11.5 Å². The van der Waals surface area contributed by atoms with Gasteiger partial charge in [-0.1, -0.05) is 24.3 Å². The first-order valence-electron chi connectivity index (χ1n) is 13.9. The van der Waals surface area contributed by atoms with E-state index in [-0.39, 0.29) is 36.5 Å². The van der Waals surface area contributed by atoms with Gasteiger partial charge in [0.05, 0.1) is 18.2 Å². The number of piperidine rings is 1. The van der Waals surface area contributed by atoms with Crippen molar-refractivity contribution < 1.29 is 24.2 Å². The van der Waals surface area contributed by atoms with Gasteiger partial charge in [-0.3, -0.25) is 14.5 Å². The molecule has 2 saturated heterocycles. The van der Waals surface area contributed by atoms with E-state index in [1.807, 2.05) is 17.0 Å². The highest BCUT2D eigenvalue weighted by Gasteiger charge is 2.43. The molecule has 2 bridgehead atoms. The highest BCUT2D eigenvalue weighted by atomic mass is 16.5. The molecule has 0 spiro atoms. The van der Waals surface area contributed by atoms with Gasteiger partial charge in [0, 0.05) is 64.1 Å². The third-order valence-corrected chi connectivity index (χ3v) is 8.56. The minimum Gasteiger partial charge on any atom is -0.491 e. The summed E-state index contributed by atoms with van der Waals surface area (Å²) >= 11 is 0. The first-order chi connectivity index (χ1) is 18.4. The van der Waals surface area contributed by atoms with Crippen LogP contribution >= 0.6 is 0 Å². The van der Waals surface area contributed by atoms with E-state index in [2.05, 4.69) is 29.2 Å². The Labute approximate surface area is 224 Å². The van der Waals surface area contributed by atoms with Crippen LogP contribution in [0.5, 0.6) is 11.5 Å². The van der Waals surface area contributed by atoms with Crippen LogP contribution in [0.1, 0.15) is 54.1 Å². The predicted molar refractivity (Wildman–Crippen MR) is 142 cm³/mol. The summed E-state index contributed by atoms with van der Waals surface area (Å²) in [5, 5.41) is 10.9. The summed E-state index contributed by atoms with van der Waals surface area (Å²) in [5.74, 6) is 1.25. The van der Waals surface area contributed by atoms with E-state index in [0.717, 1.165) is 45.2 Å². The van der Waals surface area contributed by atoms with E-state index in [1.54, 1.807) is 17.9 Å². The summed E-state index contributed by atoms with van der Waals surface area (Å²) in [7, 11) is 0. The Hall–Kier alpha value is -3.10. The molecular formula is C30H37N3O5. The summed E-state index contributed by atoms with van der Waals surface area (Å²) < 4.78 is 12.3. The molecule has 6 rings (SSSR count). The number of amides is 2. The molecule has 4 heterocycles. The van der Waals surface area contributed by atoms with Crippen molar-refractivity contribution >= 4 is 11.8 Å². The van der Waals surface area contributed by atoms with Gasteiger partial charge in [-0.05, 0) is 42.5 Å². The van der Waals surface area contributed by atoms with Crippen LogP contribution < -0.4 is 9.47 Å². The Morgan fingerprint density at radius 3 is 2.61 bits per heavy atom. The second-order valence-corrected chi connectivity index (χ2v) is 11.2. The van der Waals surface area contributed by atoms with Crippen molar-refractivity contribution in [3.63, 3.8) is 0 Å². The number of carbonyl (C=O) groups is 2. The van der Waals surface area contributed by atoms with E-state index in [0.29, 0.717) is 36.8 Å². The molecule has 8 nitrogen and oxygen atoms in total. The molecule has 2 aromatic carbocycles. The number of benzene rings is 2. The van der Waals surface area contributed by atoms with Crippen LogP contribution in [-0.4, -0.2) is 88.7 Å². The van der Waals surface area contributed by atoms with E-state index in [4.69, 9.17) is 9.47 Å². The molecule has 0 saturated carbocycles. The third-order valence-electron chi connectivity index (χ3n) is 8.56. The Morgan fingerprint density at radius 2 is 1.84 bits per heavy atom. The van der Waals surface area contributed by atoms with Gasteiger partial charge in [-0.2, -0.15) is 0 Å². The van der Waals surface area contributed by atoms with Crippen molar-refractivity contribution in [2.75, 3.05) is 32.8 Å². The number of β-amino-alcohol motifs (C(OH)–C–C–N with tert-alkyl or cyclic N) is 1. The number of rotatable bonds is 6. The van der Waals surface area contributed by atoms with Crippen molar-refractivity contribution in [2.45, 2.75) is 69.9 Å². The number of carbonyl (C=O) groups excluding carboxylic acids is 2. The Bertz CT molecular complexity index is 1190. The number of fused-ring (bicyclic) bond motifs is 4. The Kier molecular flexibility index (Phi) is 7.01. The van der Waals surface area contributed by atoms with Gasteiger partial charge < -0.3 is 24.4 Å². The quantitative estimate of drug-likeness (QED) is 0.632. The normalized spacial score (nSPS) is 25.7. The molecule has 2 amide bonds.